The number of rotatable bonds is 10. The summed E-state index contributed by atoms with van der Waals surface area (Å²) in [6, 6.07) is 16.3. The van der Waals surface area contributed by atoms with E-state index in [1.54, 1.807) is 37.4 Å². The number of nitrogens with one attached hydrogen (secondary N) is 2. The van der Waals surface area contributed by atoms with Crippen LogP contribution < -0.4 is 19.7 Å². The molecular formula is C23H24N6O4. The Morgan fingerprint density at radius 2 is 1.91 bits per heavy atom. The molecule has 0 aliphatic heterocycles. The van der Waals surface area contributed by atoms with Gasteiger partial charge in [-0.15, -0.1) is 5.10 Å². The number of H-pyrrole nitrogens is 1. The molecule has 0 aliphatic carbocycles. The molecule has 0 atom stereocenters. The van der Waals surface area contributed by atoms with Gasteiger partial charge in [0.05, 0.1) is 32.3 Å². The number of carbonyl (C=O) groups is 2. The molecule has 170 valence electrons. The lowest BCUT2D eigenvalue weighted by Gasteiger charge is -2.21. The molecule has 10 nitrogen and oxygen atoms in total. The van der Waals surface area contributed by atoms with E-state index in [1.165, 1.54) is 12.0 Å². The van der Waals surface area contributed by atoms with Crippen LogP contribution in [0.1, 0.15) is 19.3 Å². The summed E-state index contributed by atoms with van der Waals surface area (Å²) in [5.41, 5.74) is 1.34. The summed E-state index contributed by atoms with van der Waals surface area (Å²) in [6.07, 6.45) is 0.127. The molecular weight excluding hydrogens is 424 g/mol. The van der Waals surface area contributed by atoms with Crippen LogP contribution in [0.25, 0.3) is 11.4 Å². The summed E-state index contributed by atoms with van der Waals surface area (Å²) >= 11 is 0. The molecule has 2 aromatic carbocycles. The van der Waals surface area contributed by atoms with Gasteiger partial charge in [-0.25, -0.2) is 0 Å². The van der Waals surface area contributed by atoms with Crippen LogP contribution in [-0.2, 0) is 9.59 Å². The zero-order valence-corrected chi connectivity index (χ0v) is 18.4. The van der Waals surface area contributed by atoms with Gasteiger partial charge in [0.1, 0.15) is 11.5 Å². The summed E-state index contributed by atoms with van der Waals surface area (Å²) in [4.78, 5) is 30.9. The van der Waals surface area contributed by atoms with E-state index in [1.807, 2.05) is 24.3 Å². The summed E-state index contributed by atoms with van der Waals surface area (Å²) in [5, 5.41) is 18.3. The number of nitrogens with zero attached hydrogens (tertiary/aromatic N) is 4. The Bertz CT molecular complexity index is 1140. The smallest absolute Gasteiger partial charge is 0.249 e. The number of carbonyl (C=O) groups excluding carboxylic acids is 2. The Labute approximate surface area is 191 Å². The van der Waals surface area contributed by atoms with E-state index in [0.29, 0.717) is 28.6 Å². The van der Waals surface area contributed by atoms with Crippen LogP contribution in [0.5, 0.6) is 11.5 Å². The molecule has 0 fully saturated rings. The Kier molecular flexibility index (Phi) is 7.96. The van der Waals surface area contributed by atoms with Gasteiger partial charge in [-0.1, -0.05) is 18.2 Å². The monoisotopic (exact) mass is 448 g/mol. The number of para-hydroxylation sites is 1. The minimum atomic E-state index is -0.399. The maximum atomic E-state index is 12.7. The molecule has 3 rings (SSSR count). The van der Waals surface area contributed by atoms with Crippen molar-refractivity contribution in [2.24, 2.45) is 0 Å². The van der Waals surface area contributed by atoms with Crippen molar-refractivity contribution >= 4 is 23.5 Å². The lowest BCUT2D eigenvalue weighted by atomic mass is 10.2. The van der Waals surface area contributed by atoms with Gasteiger partial charge in [0.15, 0.2) is 5.82 Å². The first-order valence-electron chi connectivity index (χ1n) is 10.2. The number of anilines is 2. The fourth-order valence-electron chi connectivity index (χ4n) is 3.14. The number of ether oxygens (including phenoxy) is 2. The summed E-state index contributed by atoms with van der Waals surface area (Å²) < 4.78 is 10.6. The van der Waals surface area contributed by atoms with Gasteiger partial charge in [0, 0.05) is 31.1 Å². The lowest BCUT2D eigenvalue weighted by molar-refractivity contribution is -0.122. The third-order valence-electron chi connectivity index (χ3n) is 4.78. The standard InChI is InChI=1S/C23H24N6O4/c1-32-17-9-10-18(19(15-17)33-2)22-26-23(28-27-22)25-20(30)11-12-21(31)29(14-6-13-24)16-7-4-3-5-8-16/h3-5,7-10,15H,6,11-12,14H2,1-2H3,(H2,25,26,27,28,30). The SMILES string of the molecule is COc1ccc(-c2nc(NC(=O)CCC(=O)N(CCC#N)c3ccccc3)n[nH]2)c(OC)c1. The second-order valence-corrected chi connectivity index (χ2v) is 6.91. The zero-order chi connectivity index (χ0) is 23.6. The third kappa shape index (κ3) is 6.07. The Morgan fingerprint density at radius 3 is 2.61 bits per heavy atom. The Balaban J connectivity index is 1.61. The van der Waals surface area contributed by atoms with Gasteiger partial charge in [0.2, 0.25) is 17.8 Å². The van der Waals surface area contributed by atoms with Crippen LogP contribution in [0.15, 0.2) is 48.5 Å². The van der Waals surface area contributed by atoms with Crippen molar-refractivity contribution in [3.05, 3.63) is 48.5 Å². The number of nitriles is 1. The summed E-state index contributed by atoms with van der Waals surface area (Å²) in [5.74, 6) is 1.02. The largest absolute Gasteiger partial charge is 0.497 e. The van der Waals surface area contributed by atoms with Crippen molar-refractivity contribution in [2.45, 2.75) is 19.3 Å². The van der Waals surface area contributed by atoms with Crippen molar-refractivity contribution in [3.63, 3.8) is 0 Å². The average Bonchev–Trinajstić information content (AvgIpc) is 3.31. The first-order chi connectivity index (χ1) is 16.0. The molecule has 0 spiro atoms. The molecule has 0 bridgehead atoms. The molecule has 1 heterocycles. The minimum Gasteiger partial charge on any atom is -0.497 e. The van der Waals surface area contributed by atoms with E-state index in [-0.39, 0.29) is 37.7 Å². The van der Waals surface area contributed by atoms with Crippen molar-refractivity contribution in [1.82, 2.24) is 15.2 Å². The van der Waals surface area contributed by atoms with E-state index >= 15 is 0 Å². The van der Waals surface area contributed by atoms with Crippen LogP contribution in [-0.4, -0.2) is 47.8 Å². The summed E-state index contributed by atoms with van der Waals surface area (Å²) in [6.45, 7) is 0.259. The fraction of sp³-hybridized carbons (Fsp3) is 0.261. The van der Waals surface area contributed by atoms with Gasteiger partial charge < -0.3 is 14.4 Å². The van der Waals surface area contributed by atoms with Gasteiger partial charge in [-0.2, -0.15) is 10.2 Å². The lowest BCUT2D eigenvalue weighted by Crippen LogP contribution is -2.32. The predicted molar refractivity (Wildman–Crippen MR) is 122 cm³/mol. The van der Waals surface area contributed by atoms with E-state index in [2.05, 4.69) is 20.5 Å². The highest BCUT2D eigenvalue weighted by Crippen LogP contribution is 2.31. The van der Waals surface area contributed by atoms with Crippen molar-refractivity contribution < 1.29 is 19.1 Å². The van der Waals surface area contributed by atoms with Gasteiger partial charge in [-0.05, 0) is 24.3 Å². The molecule has 0 saturated heterocycles. The molecule has 10 heteroatoms. The molecule has 3 aromatic rings. The van der Waals surface area contributed by atoms with E-state index in [4.69, 9.17) is 14.7 Å². The Morgan fingerprint density at radius 1 is 1.12 bits per heavy atom. The van der Waals surface area contributed by atoms with Crippen LogP contribution in [0, 0.1) is 11.3 Å². The molecule has 0 unspecified atom stereocenters. The Hall–Kier alpha value is -4.39. The fourth-order valence-corrected chi connectivity index (χ4v) is 3.14. The van der Waals surface area contributed by atoms with Crippen molar-refractivity contribution in [1.29, 1.82) is 5.26 Å². The van der Waals surface area contributed by atoms with Crippen LogP contribution in [0.3, 0.4) is 0 Å². The van der Waals surface area contributed by atoms with Crippen molar-refractivity contribution in [3.8, 4) is 29.0 Å². The molecule has 33 heavy (non-hydrogen) atoms. The molecule has 0 radical (unpaired) electrons. The average molecular weight is 448 g/mol. The number of hydrogen-bond donors (Lipinski definition) is 2. The van der Waals surface area contributed by atoms with E-state index in [9.17, 15) is 9.59 Å². The highest BCUT2D eigenvalue weighted by Gasteiger charge is 2.18. The minimum absolute atomic E-state index is 0.0181. The number of aromatic nitrogens is 3. The first-order valence-corrected chi connectivity index (χ1v) is 10.2. The maximum Gasteiger partial charge on any atom is 0.249 e. The number of benzene rings is 2. The number of methoxy groups -OCH3 is 2. The molecule has 0 saturated carbocycles. The van der Waals surface area contributed by atoms with Crippen molar-refractivity contribution in [2.75, 3.05) is 31.0 Å². The maximum absolute atomic E-state index is 12.7. The van der Waals surface area contributed by atoms with E-state index < -0.39 is 5.91 Å². The van der Waals surface area contributed by atoms with Crippen LogP contribution in [0.2, 0.25) is 0 Å². The quantitative estimate of drug-likeness (QED) is 0.487. The predicted octanol–water partition coefficient (Wildman–Crippen LogP) is 3.15. The second kappa shape index (κ2) is 11.3. The summed E-state index contributed by atoms with van der Waals surface area (Å²) in [7, 11) is 3.09. The highest BCUT2D eigenvalue weighted by molar-refractivity contribution is 5.97. The number of amides is 2. The third-order valence-corrected chi connectivity index (χ3v) is 4.78. The zero-order valence-electron chi connectivity index (χ0n) is 18.4. The number of hydrogen-bond acceptors (Lipinski definition) is 7. The molecule has 2 N–H and O–H groups in total. The second-order valence-electron chi connectivity index (χ2n) is 6.91. The number of aromatic amines is 1. The first kappa shape index (κ1) is 23.3. The molecule has 0 aliphatic rings. The van der Waals surface area contributed by atoms with Gasteiger partial charge in [0.25, 0.3) is 0 Å². The highest BCUT2D eigenvalue weighted by atomic mass is 16.5. The normalized spacial score (nSPS) is 10.2. The van der Waals surface area contributed by atoms with Gasteiger partial charge >= 0.3 is 0 Å². The van der Waals surface area contributed by atoms with Crippen LogP contribution in [0.4, 0.5) is 11.6 Å². The topological polar surface area (TPSA) is 133 Å². The van der Waals surface area contributed by atoms with Crippen LogP contribution >= 0.6 is 0 Å². The van der Waals surface area contributed by atoms with E-state index in [0.717, 1.165) is 0 Å². The van der Waals surface area contributed by atoms with Gasteiger partial charge in [-0.3, -0.25) is 20.0 Å². The molecule has 1 aromatic heterocycles. The molecule has 2 amide bonds.